The van der Waals surface area contributed by atoms with Crippen molar-refractivity contribution in [2.45, 2.75) is 39.7 Å². The Labute approximate surface area is 122 Å². The Morgan fingerprint density at radius 2 is 2.15 bits per heavy atom. The first-order valence-electron chi connectivity index (χ1n) is 6.52. The van der Waals surface area contributed by atoms with Crippen molar-refractivity contribution < 1.29 is 9.66 Å². The Morgan fingerprint density at radius 3 is 2.70 bits per heavy atom. The van der Waals surface area contributed by atoms with Crippen LogP contribution in [0, 0.1) is 10.1 Å². The molecule has 0 aliphatic rings. The maximum absolute atomic E-state index is 11.0. The van der Waals surface area contributed by atoms with Crippen molar-refractivity contribution in [1.82, 2.24) is 9.97 Å². The van der Waals surface area contributed by atoms with E-state index in [4.69, 9.17) is 16.3 Å². The van der Waals surface area contributed by atoms with Crippen molar-refractivity contribution in [3.05, 3.63) is 21.1 Å². The van der Waals surface area contributed by atoms with Crippen LogP contribution in [0.5, 0.6) is 0 Å². The largest absolute Gasteiger partial charge is 0.379 e. The van der Waals surface area contributed by atoms with Gasteiger partial charge in [0.05, 0.1) is 11.0 Å². The number of hydrogen-bond acceptors (Lipinski definition) is 6. The fourth-order valence-corrected chi connectivity index (χ4v) is 1.77. The van der Waals surface area contributed by atoms with Gasteiger partial charge in [-0.15, -0.1) is 0 Å². The molecule has 1 rings (SSSR count). The summed E-state index contributed by atoms with van der Waals surface area (Å²) in [5.41, 5.74) is -0.284. The standard InChI is InChI=1S/C12H19ClN4O3/c1-4-9-15-11(13)10(17(18)19)12(16-9)14-6-5-7-20-8(2)3/h8H,4-7H2,1-3H3,(H,14,15,16). The van der Waals surface area contributed by atoms with Crippen LogP contribution in [0.2, 0.25) is 5.15 Å². The second-order valence-corrected chi connectivity index (χ2v) is 4.80. The first kappa shape index (κ1) is 16.6. The van der Waals surface area contributed by atoms with Crippen LogP contribution in [0.1, 0.15) is 33.0 Å². The summed E-state index contributed by atoms with van der Waals surface area (Å²) in [6, 6.07) is 0. The van der Waals surface area contributed by atoms with Gasteiger partial charge < -0.3 is 10.1 Å². The molecular weight excluding hydrogens is 284 g/mol. The van der Waals surface area contributed by atoms with Gasteiger partial charge in [0, 0.05) is 19.6 Å². The van der Waals surface area contributed by atoms with E-state index in [0.717, 1.165) is 6.42 Å². The van der Waals surface area contributed by atoms with Gasteiger partial charge in [-0.1, -0.05) is 18.5 Å². The molecule has 0 atom stereocenters. The van der Waals surface area contributed by atoms with Crippen LogP contribution in [0.3, 0.4) is 0 Å². The highest BCUT2D eigenvalue weighted by Gasteiger charge is 2.22. The van der Waals surface area contributed by atoms with Crippen LogP contribution < -0.4 is 5.32 Å². The molecule has 0 saturated carbocycles. The van der Waals surface area contributed by atoms with Crippen molar-refractivity contribution in [2.75, 3.05) is 18.5 Å². The number of hydrogen-bond donors (Lipinski definition) is 1. The fourth-order valence-electron chi connectivity index (χ4n) is 1.51. The smallest absolute Gasteiger partial charge is 0.348 e. The lowest BCUT2D eigenvalue weighted by atomic mass is 10.3. The van der Waals surface area contributed by atoms with Gasteiger partial charge in [-0.3, -0.25) is 10.1 Å². The Kier molecular flexibility index (Phi) is 6.60. The number of ether oxygens (including phenoxy) is 1. The zero-order valence-electron chi connectivity index (χ0n) is 11.9. The average molecular weight is 303 g/mol. The number of nitro groups is 1. The molecule has 1 heterocycles. The Balaban J connectivity index is 2.72. The highest BCUT2D eigenvalue weighted by molar-refractivity contribution is 6.31. The van der Waals surface area contributed by atoms with E-state index in [1.807, 2.05) is 20.8 Å². The highest BCUT2D eigenvalue weighted by atomic mass is 35.5. The molecule has 0 aliphatic heterocycles. The van der Waals surface area contributed by atoms with E-state index in [0.29, 0.717) is 25.4 Å². The van der Waals surface area contributed by atoms with Gasteiger partial charge in [0.1, 0.15) is 5.82 Å². The summed E-state index contributed by atoms with van der Waals surface area (Å²) in [6.45, 7) is 6.87. The average Bonchev–Trinajstić information content (AvgIpc) is 2.36. The molecule has 0 saturated heterocycles. The predicted molar refractivity (Wildman–Crippen MR) is 77.3 cm³/mol. The van der Waals surface area contributed by atoms with Gasteiger partial charge in [0.25, 0.3) is 0 Å². The van der Waals surface area contributed by atoms with Crippen molar-refractivity contribution in [1.29, 1.82) is 0 Å². The molecule has 0 amide bonds. The molecule has 7 nitrogen and oxygen atoms in total. The number of anilines is 1. The first-order chi connectivity index (χ1) is 9.45. The number of halogens is 1. The molecule has 0 bridgehead atoms. The second kappa shape index (κ2) is 7.96. The lowest BCUT2D eigenvalue weighted by Crippen LogP contribution is -2.12. The minimum atomic E-state index is -0.575. The molecule has 0 aliphatic carbocycles. The third-order valence-corrected chi connectivity index (χ3v) is 2.71. The summed E-state index contributed by atoms with van der Waals surface area (Å²) < 4.78 is 5.39. The monoisotopic (exact) mass is 302 g/mol. The number of nitrogens with zero attached hydrogens (tertiary/aromatic N) is 3. The molecule has 1 aromatic rings. The molecule has 1 N–H and O–H groups in total. The third kappa shape index (κ3) is 4.90. The molecule has 1 aromatic heterocycles. The van der Waals surface area contributed by atoms with Crippen LogP contribution in [-0.4, -0.2) is 34.1 Å². The molecule has 20 heavy (non-hydrogen) atoms. The Morgan fingerprint density at radius 1 is 1.45 bits per heavy atom. The summed E-state index contributed by atoms with van der Waals surface area (Å²) in [5.74, 6) is 0.637. The lowest BCUT2D eigenvalue weighted by molar-refractivity contribution is -0.384. The lowest BCUT2D eigenvalue weighted by Gasteiger charge is -2.10. The summed E-state index contributed by atoms with van der Waals surface area (Å²) in [7, 11) is 0. The van der Waals surface area contributed by atoms with Crippen LogP contribution >= 0.6 is 11.6 Å². The van der Waals surface area contributed by atoms with Crippen LogP contribution in [0.25, 0.3) is 0 Å². The van der Waals surface area contributed by atoms with Gasteiger partial charge in [-0.2, -0.15) is 0 Å². The summed E-state index contributed by atoms with van der Waals surface area (Å²) in [4.78, 5) is 18.4. The summed E-state index contributed by atoms with van der Waals surface area (Å²) in [6.07, 6.45) is 1.45. The molecule has 0 spiro atoms. The number of rotatable bonds is 8. The molecule has 0 radical (unpaired) electrons. The quantitative estimate of drug-likeness (QED) is 0.344. The topological polar surface area (TPSA) is 90.2 Å². The van der Waals surface area contributed by atoms with Crippen LogP contribution in [-0.2, 0) is 11.2 Å². The maximum atomic E-state index is 11.0. The van der Waals surface area contributed by atoms with E-state index in [1.165, 1.54) is 0 Å². The van der Waals surface area contributed by atoms with E-state index in [-0.39, 0.29) is 22.8 Å². The summed E-state index contributed by atoms with van der Waals surface area (Å²) in [5, 5.41) is 13.8. The molecule has 0 fully saturated rings. The fraction of sp³-hybridized carbons (Fsp3) is 0.667. The molecule has 0 unspecified atom stereocenters. The van der Waals surface area contributed by atoms with Gasteiger partial charge >= 0.3 is 5.69 Å². The third-order valence-electron chi connectivity index (χ3n) is 2.45. The predicted octanol–water partition coefficient (Wildman–Crippen LogP) is 2.83. The van der Waals surface area contributed by atoms with Gasteiger partial charge in [-0.05, 0) is 20.3 Å². The van der Waals surface area contributed by atoms with Gasteiger partial charge in [-0.25, -0.2) is 9.97 Å². The number of aryl methyl sites for hydroxylation is 1. The van der Waals surface area contributed by atoms with Crippen molar-refractivity contribution in [3.63, 3.8) is 0 Å². The van der Waals surface area contributed by atoms with Crippen molar-refractivity contribution >= 4 is 23.1 Å². The van der Waals surface area contributed by atoms with Crippen LogP contribution in [0.4, 0.5) is 11.5 Å². The van der Waals surface area contributed by atoms with E-state index in [1.54, 1.807) is 0 Å². The molecule has 8 heteroatoms. The van der Waals surface area contributed by atoms with Crippen LogP contribution in [0.15, 0.2) is 0 Å². The number of nitrogens with one attached hydrogen (secondary N) is 1. The molecule has 112 valence electrons. The van der Waals surface area contributed by atoms with E-state index >= 15 is 0 Å². The Bertz CT molecular complexity index is 468. The van der Waals surface area contributed by atoms with Crippen molar-refractivity contribution in [2.24, 2.45) is 0 Å². The SMILES string of the molecule is CCc1nc(Cl)c([N+](=O)[O-])c(NCCCOC(C)C)n1. The maximum Gasteiger partial charge on any atom is 0.348 e. The highest BCUT2D eigenvalue weighted by Crippen LogP contribution is 2.29. The number of aromatic nitrogens is 2. The Hall–Kier alpha value is -1.47. The zero-order valence-corrected chi connectivity index (χ0v) is 12.6. The first-order valence-corrected chi connectivity index (χ1v) is 6.89. The zero-order chi connectivity index (χ0) is 15.1. The molecular formula is C12H19ClN4O3. The normalized spacial score (nSPS) is 10.8. The minimum absolute atomic E-state index is 0.136. The minimum Gasteiger partial charge on any atom is -0.379 e. The van der Waals surface area contributed by atoms with Crippen molar-refractivity contribution in [3.8, 4) is 0 Å². The second-order valence-electron chi connectivity index (χ2n) is 4.44. The van der Waals surface area contributed by atoms with Gasteiger partial charge in [0.2, 0.25) is 11.0 Å². The van der Waals surface area contributed by atoms with E-state index in [2.05, 4.69) is 15.3 Å². The van der Waals surface area contributed by atoms with E-state index in [9.17, 15) is 10.1 Å². The summed E-state index contributed by atoms with van der Waals surface area (Å²) >= 11 is 5.83. The van der Waals surface area contributed by atoms with E-state index < -0.39 is 4.92 Å². The van der Waals surface area contributed by atoms with Gasteiger partial charge in [0.15, 0.2) is 0 Å². The molecule has 0 aromatic carbocycles.